The molecule has 176 valence electrons. The fourth-order valence-corrected chi connectivity index (χ4v) is 5.72. The van der Waals surface area contributed by atoms with E-state index in [-0.39, 0.29) is 17.2 Å². The van der Waals surface area contributed by atoms with E-state index in [1.54, 1.807) is 18.2 Å². The number of imidazole rings is 1. The van der Waals surface area contributed by atoms with E-state index in [0.717, 1.165) is 33.7 Å². The Kier molecular flexibility index (Phi) is 5.27. The van der Waals surface area contributed by atoms with E-state index in [0.29, 0.717) is 11.3 Å². The molecular weight excluding hydrogens is 470 g/mol. The largest absolute Gasteiger partial charge is 0.326 e. The van der Waals surface area contributed by atoms with Gasteiger partial charge in [-0.2, -0.15) is 0 Å². The first-order chi connectivity index (χ1) is 17.5. The number of carbonyl (C=O) groups is 1. The molecule has 0 atom stereocenters. The number of benzene rings is 3. The molecule has 0 saturated carbocycles. The predicted molar refractivity (Wildman–Crippen MR) is 141 cm³/mol. The number of fused-ring (bicyclic) bond motifs is 2. The molecule has 1 amide bonds. The molecule has 2 aromatic heterocycles. The summed E-state index contributed by atoms with van der Waals surface area (Å²) >= 11 is 0. The first kappa shape index (κ1) is 22.0. The molecular formula is C29H21N3O3S. The molecule has 0 radical (unpaired) electrons. The number of pyridine rings is 1. The Balaban J connectivity index is 1.36. The van der Waals surface area contributed by atoms with Gasteiger partial charge in [0.15, 0.2) is 0 Å². The molecule has 1 N–H and O–H groups in total. The lowest BCUT2D eigenvalue weighted by molar-refractivity contribution is -0.115. The van der Waals surface area contributed by atoms with Crippen LogP contribution in [0, 0.1) is 0 Å². The maximum Gasteiger partial charge on any atom is 0.230 e. The Morgan fingerprint density at radius 1 is 0.833 bits per heavy atom. The molecule has 1 aliphatic rings. The number of amides is 1. The molecule has 36 heavy (non-hydrogen) atoms. The van der Waals surface area contributed by atoms with Gasteiger partial charge in [0.1, 0.15) is 5.65 Å². The molecule has 6 nitrogen and oxygen atoms in total. The lowest BCUT2D eigenvalue weighted by Gasteiger charge is -2.09. The van der Waals surface area contributed by atoms with Gasteiger partial charge in [-0.25, -0.2) is 13.4 Å². The number of rotatable bonds is 5. The summed E-state index contributed by atoms with van der Waals surface area (Å²) in [5, 5.41) is 4.03. The minimum atomic E-state index is -3.46. The maximum absolute atomic E-state index is 13.1. The van der Waals surface area contributed by atoms with Gasteiger partial charge in [-0.1, -0.05) is 66.7 Å². The van der Waals surface area contributed by atoms with Gasteiger partial charge in [0.25, 0.3) is 0 Å². The van der Waals surface area contributed by atoms with Crippen LogP contribution < -0.4 is 5.32 Å². The van der Waals surface area contributed by atoms with E-state index in [1.165, 1.54) is 11.5 Å². The first-order valence-corrected chi connectivity index (χ1v) is 13.0. The van der Waals surface area contributed by atoms with Gasteiger partial charge in [-0.05, 0) is 47.0 Å². The minimum absolute atomic E-state index is 0.0676. The van der Waals surface area contributed by atoms with Crippen LogP contribution >= 0.6 is 0 Å². The summed E-state index contributed by atoms with van der Waals surface area (Å²) in [5.41, 5.74) is 6.33. The second-order valence-corrected chi connectivity index (χ2v) is 10.4. The first-order valence-electron chi connectivity index (χ1n) is 11.5. The van der Waals surface area contributed by atoms with Crippen molar-refractivity contribution < 1.29 is 13.2 Å². The number of sulfone groups is 1. The molecule has 0 unspecified atom stereocenters. The van der Waals surface area contributed by atoms with Crippen molar-refractivity contribution in [3.63, 3.8) is 0 Å². The Labute approximate surface area is 208 Å². The van der Waals surface area contributed by atoms with Crippen LogP contribution in [0.5, 0.6) is 0 Å². The number of nitrogens with one attached hydrogen (secondary N) is 1. The number of aromatic nitrogens is 2. The molecule has 5 aromatic rings. The van der Waals surface area contributed by atoms with Crippen molar-refractivity contribution in [3.8, 4) is 22.4 Å². The smallest absolute Gasteiger partial charge is 0.230 e. The molecule has 3 aromatic carbocycles. The summed E-state index contributed by atoms with van der Waals surface area (Å²) < 4.78 is 26.4. The third kappa shape index (κ3) is 3.99. The molecule has 3 heterocycles. The van der Waals surface area contributed by atoms with Crippen molar-refractivity contribution in [1.29, 1.82) is 0 Å². The maximum atomic E-state index is 13.1. The van der Waals surface area contributed by atoms with Crippen LogP contribution in [-0.2, 0) is 21.1 Å². The normalized spacial score (nSPS) is 13.6. The van der Waals surface area contributed by atoms with Crippen LogP contribution in [0.15, 0.2) is 107 Å². The summed E-state index contributed by atoms with van der Waals surface area (Å²) in [6.45, 7) is 0. The average molecular weight is 492 g/mol. The van der Waals surface area contributed by atoms with Crippen LogP contribution in [-0.4, -0.2) is 23.7 Å². The zero-order valence-electron chi connectivity index (χ0n) is 19.1. The second-order valence-electron chi connectivity index (χ2n) is 8.61. The van der Waals surface area contributed by atoms with Crippen molar-refractivity contribution >= 4 is 33.2 Å². The summed E-state index contributed by atoms with van der Waals surface area (Å²) in [5.74, 6) is -0.260. The molecule has 7 heteroatoms. The highest BCUT2D eigenvalue weighted by Crippen LogP contribution is 2.30. The fourth-order valence-electron chi connectivity index (χ4n) is 4.49. The van der Waals surface area contributed by atoms with E-state index >= 15 is 0 Å². The van der Waals surface area contributed by atoms with E-state index in [1.807, 2.05) is 83.4 Å². The fraction of sp³-hybridized carbons (Fsp3) is 0.0345. The Hall–Kier alpha value is -4.49. The molecule has 0 saturated heterocycles. The number of hydrogen-bond acceptors (Lipinski definition) is 4. The van der Waals surface area contributed by atoms with Crippen molar-refractivity contribution in [3.05, 3.63) is 114 Å². The van der Waals surface area contributed by atoms with Crippen molar-refractivity contribution in [1.82, 2.24) is 9.38 Å². The highest BCUT2D eigenvalue weighted by Gasteiger charge is 2.22. The zero-order chi connectivity index (χ0) is 24.7. The quantitative estimate of drug-likeness (QED) is 0.347. The minimum Gasteiger partial charge on any atom is -0.326 e. The van der Waals surface area contributed by atoms with Gasteiger partial charge in [0.2, 0.25) is 15.7 Å². The van der Waals surface area contributed by atoms with Gasteiger partial charge in [0.05, 0.1) is 22.7 Å². The summed E-state index contributed by atoms with van der Waals surface area (Å²) in [4.78, 5) is 18.2. The topological polar surface area (TPSA) is 80.5 Å². The highest BCUT2D eigenvalue weighted by atomic mass is 32.2. The lowest BCUT2D eigenvalue weighted by atomic mass is 10.1. The summed E-state index contributed by atoms with van der Waals surface area (Å²) in [7, 11) is -3.46. The highest BCUT2D eigenvalue weighted by molar-refractivity contribution is 7.94. The van der Waals surface area contributed by atoms with Gasteiger partial charge in [0, 0.05) is 22.9 Å². The van der Waals surface area contributed by atoms with E-state index in [2.05, 4.69) is 5.32 Å². The molecule has 0 fully saturated rings. The van der Waals surface area contributed by atoms with E-state index < -0.39 is 9.84 Å². The Morgan fingerprint density at radius 2 is 1.56 bits per heavy atom. The third-order valence-electron chi connectivity index (χ3n) is 6.24. The van der Waals surface area contributed by atoms with E-state index in [4.69, 9.17) is 4.98 Å². The van der Waals surface area contributed by atoms with Crippen LogP contribution in [0.3, 0.4) is 0 Å². The predicted octanol–water partition coefficient (Wildman–Crippen LogP) is 5.61. The number of nitrogens with zero attached hydrogens (tertiary/aromatic N) is 2. The Morgan fingerprint density at radius 3 is 2.31 bits per heavy atom. The number of hydrogen-bond donors (Lipinski definition) is 1. The zero-order valence-corrected chi connectivity index (χ0v) is 19.9. The molecule has 1 aliphatic heterocycles. The second kappa shape index (κ2) is 8.62. The SMILES string of the molecule is O=C(Cc1c(-c2ccccc2)nc2cc(-c3ccccc3)ccn12)Nc1ccc2c(c1)S(=O)(=O)C=C2. The summed E-state index contributed by atoms with van der Waals surface area (Å²) in [6, 6.07) is 28.8. The monoisotopic (exact) mass is 491 g/mol. The van der Waals surface area contributed by atoms with Gasteiger partial charge < -0.3 is 9.72 Å². The third-order valence-corrected chi connectivity index (χ3v) is 7.70. The van der Waals surface area contributed by atoms with Crippen molar-refractivity contribution in [2.75, 3.05) is 5.32 Å². The van der Waals surface area contributed by atoms with Crippen LogP contribution in [0.25, 0.3) is 34.1 Å². The molecule has 0 bridgehead atoms. The van der Waals surface area contributed by atoms with Crippen molar-refractivity contribution in [2.24, 2.45) is 0 Å². The standard InChI is InChI=1S/C29H21N3O3S/c33-28(30-24-12-11-21-14-16-36(34,35)26(21)18-24)19-25-29(22-9-5-2-6-10-22)31-27-17-23(13-15-32(25)27)20-7-3-1-4-8-20/h1-18H,19H2,(H,30,33). The van der Waals surface area contributed by atoms with Gasteiger partial charge >= 0.3 is 0 Å². The average Bonchev–Trinajstić information content (AvgIpc) is 3.41. The molecule has 0 aliphatic carbocycles. The Bertz CT molecular complexity index is 1760. The molecule has 6 rings (SSSR count). The van der Waals surface area contributed by atoms with Crippen molar-refractivity contribution in [2.45, 2.75) is 11.3 Å². The van der Waals surface area contributed by atoms with E-state index in [9.17, 15) is 13.2 Å². The molecule has 0 spiro atoms. The lowest BCUT2D eigenvalue weighted by Crippen LogP contribution is -2.16. The van der Waals surface area contributed by atoms with Gasteiger partial charge in [-0.3, -0.25) is 4.79 Å². The van der Waals surface area contributed by atoms with Gasteiger partial charge in [-0.15, -0.1) is 0 Å². The number of carbonyl (C=O) groups excluding carboxylic acids is 1. The van der Waals surface area contributed by atoms with Crippen LogP contribution in [0.4, 0.5) is 5.69 Å². The van der Waals surface area contributed by atoms with Crippen LogP contribution in [0.2, 0.25) is 0 Å². The van der Waals surface area contributed by atoms with Crippen LogP contribution in [0.1, 0.15) is 11.3 Å². The summed E-state index contributed by atoms with van der Waals surface area (Å²) in [6.07, 6.45) is 3.57. The number of anilines is 1.